The molecule has 22 heavy (non-hydrogen) atoms. The van der Waals surface area contributed by atoms with Crippen molar-refractivity contribution in [3.05, 3.63) is 48.3 Å². The summed E-state index contributed by atoms with van der Waals surface area (Å²) in [5.74, 6) is 1.64. The molecular weight excluding hydrogens is 278 g/mol. The van der Waals surface area contributed by atoms with Gasteiger partial charge in [0, 0.05) is 19.8 Å². The number of aromatic nitrogens is 2. The number of hydrogen-bond donors (Lipinski definition) is 2. The third kappa shape index (κ3) is 5.47. The lowest BCUT2D eigenvalue weighted by molar-refractivity contribution is 0.322. The molecule has 6 nitrogen and oxygen atoms in total. The quantitative estimate of drug-likeness (QED) is 0.461. The van der Waals surface area contributed by atoms with E-state index in [1.807, 2.05) is 54.3 Å². The van der Waals surface area contributed by atoms with E-state index in [-0.39, 0.29) is 0 Å². The molecule has 0 saturated heterocycles. The Morgan fingerprint density at radius 3 is 2.68 bits per heavy atom. The predicted molar refractivity (Wildman–Crippen MR) is 88.3 cm³/mol. The van der Waals surface area contributed by atoms with E-state index in [0.29, 0.717) is 13.2 Å². The molecule has 0 fully saturated rings. The van der Waals surface area contributed by atoms with Gasteiger partial charge in [-0.3, -0.25) is 9.67 Å². The van der Waals surface area contributed by atoms with Crippen LogP contribution in [0.4, 0.5) is 0 Å². The number of nitrogens with zero attached hydrogens (tertiary/aromatic N) is 3. The van der Waals surface area contributed by atoms with Crippen LogP contribution in [0.2, 0.25) is 0 Å². The molecule has 0 aliphatic rings. The van der Waals surface area contributed by atoms with Crippen LogP contribution >= 0.6 is 0 Å². The van der Waals surface area contributed by atoms with Crippen LogP contribution in [0.3, 0.4) is 0 Å². The van der Waals surface area contributed by atoms with Gasteiger partial charge in [0.15, 0.2) is 5.96 Å². The molecule has 0 saturated carbocycles. The Kier molecular flexibility index (Phi) is 6.29. The Labute approximate surface area is 131 Å². The summed E-state index contributed by atoms with van der Waals surface area (Å²) < 4.78 is 7.53. The fourth-order valence-corrected chi connectivity index (χ4v) is 1.95. The standard InChI is InChI=1S/C16H23N5O/c1-14-12-20-21(13-14)10-8-18-16(17-2)19-9-11-22-15-6-4-3-5-7-15/h3-7,12-13H,8-11H2,1-2H3,(H2,17,18,19). The minimum absolute atomic E-state index is 0.586. The van der Waals surface area contributed by atoms with Gasteiger partial charge >= 0.3 is 0 Å². The van der Waals surface area contributed by atoms with Crippen LogP contribution in [-0.4, -0.2) is 42.5 Å². The van der Waals surface area contributed by atoms with Crippen LogP contribution in [0.25, 0.3) is 0 Å². The van der Waals surface area contributed by atoms with Gasteiger partial charge in [-0.25, -0.2) is 0 Å². The van der Waals surface area contributed by atoms with Crippen molar-refractivity contribution in [1.82, 2.24) is 20.4 Å². The number of rotatable bonds is 7. The van der Waals surface area contributed by atoms with Gasteiger partial charge in [-0.15, -0.1) is 0 Å². The predicted octanol–water partition coefficient (Wildman–Crippen LogP) is 1.44. The minimum Gasteiger partial charge on any atom is -0.492 e. The van der Waals surface area contributed by atoms with E-state index >= 15 is 0 Å². The lowest BCUT2D eigenvalue weighted by Crippen LogP contribution is -2.40. The summed E-state index contributed by atoms with van der Waals surface area (Å²) in [6, 6.07) is 9.77. The molecule has 0 atom stereocenters. The molecular formula is C16H23N5O. The number of nitrogens with one attached hydrogen (secondary N) is 2. The summed E-state index contributed by atoms with van der Waals surface area (Å²) in [5, 5.41) is 10.7. The van der Waals surface area contributed by atoms with Crippen LogP contribution in [0.5, 0.6) is 5.75 Å². The second-order valence-electron chi connectivity index (χ2n) is 4.87. The summed E-state index contributed by atoms with van der Waals surface area (Å²) >= 11 is 0. The Bertz CT molecular complexity index is 579. The molecule has 0 aliphatic carbocycles. The van der Waals surface area contributed by atoms with Crippen LogP contribution in [0.15, 0.2) is 47.7 Å². The van der Waals surface area contributed by atoms with Crippen molar-refractivity contribution in [3.8, 4) is 5.75 Å². The first-order valence-electron chi connectivity index (χ1n) is 7.39. The van der Waals surface area contributed by atoms with Crippen LogP contribution in [-0.2, 0) is 6.54 Å². The van der Waals surface area contributed by atoms with Gasteiger partial charge in [-0.05, 0) is 24.6 Å². The van der Waals surface area contributed by atoms with Crippen molar-refractivity contribution >= 4 is 5.96 Å². The van der Waals surface area contributed by atoms with E-state index in [2.05, 4.69) is 20.7 Å². The van der Waals surface area contributed by atoms with Crippen molar-refractivity contribution in [2.24, 2.45) is 4.99 Å². The largest absolute Gasteiger partial charge is 0.492 e. The van der Waals surface area contributed by atoms with Crippen molar-refractivity contribution in [3.63, 3.8) is 0 Å². The highest BCUT2D eigenvalue weighted by Crippen LogP contribution is 2.07. The average Bonchev–Trinajstić information content (AvgIpc) is 2.96. The summed E-state index contributed by atoms with van der Waals surface area (Å²) in [6.07, 6.45) is 3.87. The first kappa shape index (κ1) is 15.9. The molecule has 2 aromatic rings. The second kappa shape index (κ2) is 8.71. The molecule has 118 valence electrons. The number of aliphatic imine (C=N–C) groups is 1. The highest BCUT2D eigenvalue weighted by Gasteiger charge is 1.98. The third-order valence-corrected chi connectivity index (χ3v) is 3.03. The van der Waals surface area contributed by atoms with Gasteiger partial charge in [0.25, 0.3) is 0 Å². The van der Waals surface area contributed by atoms with Crippen molar-refractivity contribution in [1.29, 1.82) is 0 Å². The molecule has 2 rings (SSSR count). The number of guanidine groups is 1. The van der Waals surface area contributed by atoms with E-state index in [4.69, 9.17) is 4.74 Å². The number of ether oxygens (including phenoxy) is 1. The van der Waals surface area contributed by atoms with Crippen LogP contribution in [0.1, 0.15) is 5.56 Å². The topological polar surface area (TPSA) is 63.5 Å². The maximum absolute atomic E-state index is 5.62. The molecule has 0 amide bonds. The number of benzene rings is 1. The molecule has 6 heteroatoms. The summed E-state index contributed by atoms with van der Waals surface area (Å²) in [4.78, 5) is 4.18. The normalized spacial score (nSPS) is 11.3. The molecule has 1 aromatic carbocycles. The zero-order valence-corrected chi connectivity index (χ0v) is 13.1. The van der Waals surface area contributed by atoms with Crippen LogP contribution < -0.4 is 15.4 Å². The Morgan fingerprint density at radius 1 is 1.23 bits per heavy atom. The van der Waals surface area contributed by atoms with Gasteiger partial charge in [-0.1, -0.05) is 18.2 Å². The van der Waals surface area contributed by atoms with Gasteiger partial charge in [0.05, 0.1) is 19.3 Å². The average molecular weight is 301 g/mol. The molecule has 2 N–H and O–H groups in total. The molecule has 0 spiro atoms. The monoisotopic (exact) mass is 301 g/mol. The number of hydrogen-bond acceptors (Lipinski definition) is 3. The fraction of sp³-hybridized carbons (Fsp3) is 0.375. The fourth-order valence-electron chi connectivity index (χ4n) is 1.95. The molecule has 0 bridgehead atoms. The van der Waals surface area contributed by atoms with Gasteiger partial charge < -0.3 is 15.4 Å². The van der Waals surface area contributed by atoms with Crippen molar-refractivity contribution in [2.45, 2.75) is 13.5 Å². The molecule has 0 unspecified atom stereocenters. The third-order valence-electron chi connectivity index (χ3n) is 3.03. The maximum atomic E-state index is 5.62. The first-order chi connectivity index (χ1) is 10.8. The highest BCUT2D eigenvalue weighted by atomic mass is 16.5. The number of aryl methyl sites for hydroxylation is 1. The lowest BCUT2D eigenvalue weighted by atomic mass is 10.3. The lowest BCUT2D eigenvalue weighted by Gasteiger charge is -2.12. The number of para-hydroxylation sites is 1. The Hall–Kier alpha value is -2.50. The minimum atomic E-state index is 0.586. The molecule has 0 aliphatic heterocycles. The van der Waals surface area contributed by atoms with Gasteiger partial charge in [0.2, 0.25) is 0 Å². The van der Waals surface area contributed by atoms with Crippen LogP contribution in [0, 0.1) is 6.92 Å². The van der Waals surface area contributed by atoms with Gasteiger partial charge in [-0.2, -0.15) is 5.10 Å². The SMILES string of the molecule is CN=C(NCCOc1ccccc1)NCCn1cc(C)cn1. The Morgan fingerprint density at radius 2 is 2.00 bits per heavy atom. The van der Waals surface area contributed by atoms with E-state index in [9.17, 15) is 0 Å². The van der Waals surface area contributed by atoms with E-state index in [1.165, 1.54) is 5.56 Å². The maximum Gasteiger partial charge on any atom is 0.191 e. The van der Waals surface area contributed by atoms with Crippen molar-refractivity contribution in [2.75, 3.05) is 26.7 Å². The first-order valence-corrected chi connectivity index (χ1v) is 7.39. The summed E-state index contributed by atoms with van der Waals surface area (Å²) in [5.41, 5.74) is 1.17. The zero-order valence-electron chi connectivity index (χ0n) is 13.1. The molecule has 1 aromatic heterocycles. The zero-order chi connectivity index (χ0) is 15.6. The molecule has 1 heterocycles. The van der Waals surface area contributed by atoms with E-state index in [0.717, 1.165) is 24.8 Å². The van der Waals surface area contributed by atoms with E-state index in [1.54, 1.807) is 7.05 Å². The molecule has 0 radical (unpaired) electrons. The van der Waals surface area contributed by atoms with Gasteiger partial charge in [0.1, 0.15) is 12.4 Å². The Balaban J connectivity index is 1.61. The highest BCUT2D eigenvalue weighted by molar-refractivity contribution is 5.79. The van der Waals surface area contributed by atoms with E-state index < -0.39 is 0 Å². The van der Waals surface area contributed by atoms with Crippen molar-refractivity contribution < 1.29 is 4.74 Å². The summed E-state index contributed by atoms with van der Waals surface area (Å²) in [7, 11) is 1.76. The smallest absolute Gasteiger partial charge is 0.191 e. The second-order valence-corrected chi connectivity index (χ2v) is 4.87. The summed E-state index contributed by atoms with van der Waals surface area (Å²) in [6.45, 7) is 4.87.